The number of aromatic amines is 1. The molecule has 25 heavy (non-hydrogen) atoms. The van der Waals surface area contributed by atoms with Crippen molar-refractivity contribution in [1.82, 2.24) is 15.2 Å². The van der Waals surface area contributed by atoms with Crippen molar-refractivity contribution in [3.05, 3.63) is 58.9 Å². The zero-order valence-electron chi connectivity index (χ0n) is 15.0. The number of benzene rings is 1. The number of carbonyl (C=O) groups is 1. The number of carbonyl (C=O) groups excluding carboxylic acids is 1. The summed E-state index contributed by atoms with van der Waals surface area (Å²) in [5.41, 5.74) is 3.92. The largest absolute Gasteiger partial charge is 0.387 e. The molecule has 5 heteroatoms. The van der Waals surface area contributed by atoms with Crippen molar-refractivity contribution in [3.8, 4) is 0 Å². The van der Waals surface area contributed by atoms with Crippen LogP contribution in [-0.4, -0.2) is 46.6 Å². The van der Waals surface area contributed by atoms with Crippen LogP contribution in [-0.2, 0) is 0 Å². The standard InChI is InChI=1S/C20H27N3O2/c1-14-5-6-15(2)17(12-14)19(24)13-23-10-7-16(8-11-23)22-20(25)18-4-3-9-21-18/h3-6,9,12,16,19,21,24H,7-8,10-11,13H2,1-2H3,(H,22,25)/t19-/m0/s1. The summed E-state index contributed by atoms with van der Waals surface area (Å²) < 4.78 is 0. The second-order valence-corrected chi connectivity index (χ2v) is 7.01. The fraction of sp³-hybridized carbons (Fsp3) is 0.450. The van der Waals surface area contributed by atoms with Crippen molar-refractivity contribution in [2.24, 2.45) is 0 Å². The summed E-state index contributed by atoms with van der Waals surface area (Å²) in [6.45, 7) is 6.51. The predicted molar refractivity (Wildman–Crippen MR) is 98.6 cm³/mol. The number of aliphatic hydroxyl groups is 1. The van der Waals surface area contributed by atoms with Crippen LogP contribution in [0.4, 0.5) is 0 Å². The number of aliphatic hydroxyl groups excluding tert-OH is 1. The molecule has 0 bridgehead atoms. The number of likely N-dealkylation sites (tertiary alicyclic amines) is 1. The first-order valence-corrected chi connectivity index (χ1v) is 8.95. The van der Waals surface area contributed by atoms with Gasteiger partial charge in [0.25, 0.3) is 5.91 Å². The van der Waals surface area contributed by atoms with E-state index in [0.717, 1.165) is 37.1 Å². The normalized spacial score (nSPS) is 17.4. The number of rotatable bonds is 5. The topological polar surface area (TPSA) is 68.4 Å². The minimum absolute atomic E-state index is 0.0427. The minimum Gasteiger partial charge on any atom is -0.387 e. The van der Waals surface area contributed by atoms with Gasteiger partial charge in [-0.25, -0.2) is 0 Å². The summed E-state index contributed by atoms with van der Waals surface area (Å²) in [4.78, 5) is 17.3. The lowest BCUT2D eigenvalue weighted by molar-refractivity contribution is 0.0823. The van der Waals surface area contributed by atoms with Gasteiger partial charge in [-0.2, -0.15) is 0 Å². The molecule has 0 spiro atoms. The van der Waals surface area contributed by atoms with Crippen molar-refractivity contribution in [3.63, 3.8) is 0 Å². The highest BCUT2D eigenvalue weighted by molar-refractivity contribution is 5.92. The smallest absolute Gasteiger partial charge is 0.267 e. The first-order chi connectivity index (χ1) is 12.0. The monoisotopic (exact) mass is 341 g/mol. The predicted octanol–water partition coefficient (Wildman–Crippen LogP) is 2.56. The van der Waals surface area contributed by atoms with Crippen LogP contribution in [0.2, 0.25) is 0 Å². The number of nitrogens with zero attached hydrogens (tertiary/aromatic N) is 1. The van der Waals surface area contributed by atoms with Crippen molar-refractivity contribution in [1.29, 1.82) is 0 Å². The lowest BCUT2D eigenvalue weighted by Crippen LogP contribution is -2.45. The van der Waals surface area contributed by atoms with Gasteiger partial charge in [0.2, 0.25) is 0 Å². The molecule has 0 unspecified atom stereocenters. The number of amides is 1. The summed E-state index contributed by atoms with van der Waals surface area (Å²) >= 11 is 0. The van der Waals surface area contributed by atoms with Crippen molar-refractivity contribution >= 4 is 5.91 Å². The highest BCUT2D eigenvalue weighted by Gasteiger charge is 2.23. The summed E-state index contributed by atoms with van der Waals surface area (Å²) in [5.74, 6) is -0.0427. The maximum absolute atomic E-state index is 12.1. The first kappa shape index (κ1) is 17.7. The third-order valence-electron chi connectivity index (χ3n) is 4.99. The van der Waals surface area contributed by atoms with Gasteiger partial charge in [-0.15, -0.1) is 0 Å². The molecule has 134 valence electrons. The molecule has 1 aliphatic heterocycles. The molecule has 1 aromatic carbocycles. The number of nitrogens with one attached hydrogen (secondary N) is 2. The fourth-order valence-electron chi connectivity index (χ4n) is 3.46. The van der Waals surface area contributed by atoms with Crippen molar-refractivity contribution < 1.29 is 9.90 Å². The average molecular weight is 341 g/mol. The van der Waals surface area contributed by atoms with Gasteiger partial charge >= 0.3 is 0 Å². The molecule has 1 saturated heterocycles. The van der Waals surface area contributed by atoms with E-state index in [-0.39, 0.29) is 11.9 Å². The Morgan fingerprint density at radius 3 is 2.76 bits per heavy atom. The number of hydrogen-bond donors (Lipinski definition) is 3. The van der Waals surface area contributed by atoms with Crippen LogP contribution < -0.4 is 5.32 Å². The molecule has 0 radical (unpaired) electrons. The van der Waals surface area contributed by atoms with E-state index in [4.69, 9.17) is 0 Å². The second kappa shape index (κ2) is 7.85. The van der Waals surface area contributed by atoms with Crippen LogP contribution in [0.25, 0.3) is 0 Å². The summed E-state index contributed by atoms with van der Waals surface area (Å²) in [6, 6.07) is 10.0. The lowest BCUT2D eigenvalue weighted by Gasteiger charge is -2.33. The third kappa shape index (κ3) is 4.50. The Balaban J connectivity index is 1.49. The maximum Gasteiger partial charge on any atom is 0.267 e. The Morgan fingerprint density at radius 2 is 2.08 bits per heavy atom. The summed E-state index contributed by atoms with van der Waals surface area (Å²) in [5, 5.41) is 13.7. The Bertz CT molecular complexity index is 704. The molecule has 0 aliphatic carbocycles. The number of β-amino-alcohol motifs (C(OH)–C–C–N with tert-alkyl or cyclic N) is 1. The van der Waals surface area contributed by atoms with Crippen LogP contribution in [0.3, 0.4) is 0 Å². The maximum atomic E-state index is 12.1. The van der Waals surface area contributed by atoms with Gasteiger partial charge in [0, 0.05) is 31.9 Å². The fourth-order valence-corrected chi connectivity index (χ4v) is 3.46. The van der Waals surface area contributed by atoms with Crippen LogP contribution in [0.5, 0.6) is 0 Å². The molecule has 2 aromatic rings. The molecule has 1 aromatic heterocycles. The Hall–Kier alpha value is -2.11. The number of aromatic nitrogens is 1. The molecule has 1 fully saturated rings. The number of hydrogen-bond acceptors (Lipinski definition) is 3. The SMILES string of the molecule is Cc1ccc(C)c([C@@H](O)CN2CCC(NC(=O)c3ccc[nH]3)CC2)c1. The van der Waals surface area contributed by atoms with E-state index in [2.05, 4.69) is 33.4 Å². The van der Waals surface area contributed by atoms with Gasteiger partial charge in [0.1, 0.15) is 5.69 Å². The molecule has 2 heterocycles. The van der Waals surface area contributed by atoms with Gasteiger partial charge in [-0.05, 0) is 49.9 Å². The molecule has 1 atom stereocenters. The lowest BCUT2D eigenvalue weighted by atomic mass is 9.99. The van der Waals surface area contributed by atoms with Gasteiger partial charge in [-0.1, -0.05) is 23.8 Å². The second-order valence-electron chi connectivity index (χ2n) is 7.01. The molecule has 1 aliphatic rings. The van der Waals surface area contributed by atoms with E-state index >= 15 is 0 Å². The molecule has 3 N–H and O–H groups in total. The van der Waals surface area contributed by atoms with Crippen molar-refractivity contribution in [2.75, 3.05) is 19.6 Å². The molecule has 0 saturated carbocycles. The van der Waals surface area contributed by atoms with E-state index < -0.39 is 6.10 Å². The Morgan fingerprint density at radius 1 is 1.32 bits per heavy atom. The third-order valence-corrected chi connectivity index (χ3v) is 4.99. The zero-order valence-corrected chi connectivity index (χ0v) is 15.0. The van der Waals surface area contributed by atoms with Gasteiger partial charge < -0.3 is 20.3 Å². The highest BCUT2D eigenvalue weighted by atomic mass is 16.3. The van der Waals surface area contributed by atoms with Gasteiger partial charge in [0.05, 0.1) is 6.10 Å². The Kier molecular flexibility index (Phi) is 5.56. The summed E-state index contributed by atoms with van der Waals surface area (Å²) in [6.07, 6.45) is 3.11. The molecular formula is C20H27N3O2. The number of piperidine rings is 1. The van der Waals surface area contributed by atoms with E-state index in [1.165, 1.54) is 5.56 Å². The minimum atomic E-state index is -0.468. The molecule has 5 nitrogen and oxygen atoms in total. The van der Waals surface area contributed by atoms with Crippen LogP contribution >= 0.6 is 0 Å². The molecule has 1 amide bonds. The zero-order chi connectivity index (χ0) is 17.8. The molecule has 3 rings (SSSR count). The van der Waals surface area contributed by atoms with Gasteiger partial charge in [0.15, 0.2) is 0 Å². The van der Waals surface area contributed by atoms with E-state index in [0.29, 0.717) is 12.2 Å². The quantitative estimate of drug-likeness (QED) is 0.783. The van der Waals surface area contributed by atoms with Gasteiger partial charge in [-0.3, -0.25) is 4.79 Å². The Labute approximate surface area is 149 Å². The average Bonchev–Trinajstić information content (AvgIpc) is 3.13. The van der Waals surface area contributed by atoms with Crippen molar-refractivity contribution in [2.45, 2.75) is 38.8 Å². The van der Waals surface area contributed by atoms with E-state index in [1.54, 1.807) is 12.3 Å². The van der Waals surface area contributed by atoms with Crippen LogP contribution in [0.1, 0.15) is 46.1 Å². The summed E-state index contributed by atoms with van der Waals surface area (Å²) in [7, 11) is 0. The first-order valence-electron chi connectivity index (χ1n) is 8.95. The number of H-pyrrole nitrogens is 1. The van der Waals surface area contributed by atoms with E-state index in [9.17, 15) is 9.90 Å². The van der Waals surface area contributed by atoms with Crippen LogP contribution in [0.15, 0.2) is 36.5 Å². The number of aryl methyl sites for hydroxylation is 2. The highest BCUT2D eigenvalue weighted by Crippen LogP contribution is 2.22. The molecular weight excluding hydrogens is 314 g/mol. The van der Waals surface area contributed by atoms with E-state index in [1.807, 2.05) is 19.9 Å². The van der Waals surface area contributed by atoms with Crippen LogP contribution in [0, 0.1) is 13.8 Å².